The van der Waals surface area contributed by atoms with Crippen molar-refractivity contribution in [1.29, 1.82) is 0 Å². The number of piperidine rings is 1. The normalized spacial score (nSPS) is 21.0. The number of hydrogen-bond acceptors (Lipinski definition) is 2. The van der Waals surface area contributed by atoms with E-state index in [1.807, 2.05) is 0 Å². The molecule has 0 bridgehead atoms. The molecule has 0 atom stereocenters. The molecule has 1 saturated heterocycles. The summed E-state index contributed by atoms with van der Waals surface area (Å²) >= 11 is 0. The van der Waals surface area contributed by atoms with E-state index in [0.717, 1.165) is 5.92 Å². The first kappa shape index (κ1) is 9.01. The van der Waals surface area contributed by atoms with Gasteiger partial charge in [0.15, 0.2) is 0 Å². The Hall–Kier alpha value is -0.0800. The minimum absolute atomic E-state index is 0.985. The van der Waals surface area contributed by atoms with E-state index in [1.54, 1.807) is 0 Å². The molecular weight excluding hydrogens is 136 g/mol. The molecule has 0 aliphatic carbocycles. The van der Waals surface area contributed by atoms with E-state index in [4.69, 9.17) is 0 Å². The van der Waals surface area contributed by atoms with Gasteiger partial charge in [-0.15, -0.1) is 0 Å². The molecule has 0 aromatic heterocycles. The molecule has 0 amide bonds. The van der Waals surface area contributed by atoms with Gasteiger partial charge in [-0.2, -0.15) is 0 Å². The van der Waals surface area contributed by atoms with E-state index in [-0.39, 0.29) is 0 Å². The Balaban J connectivity index is 2.05. The van der Waals surface area contributed by atoms with E-state index in [9.17, 15) is 0 Å². The first-order valence-corrected chi connectivity index (χ1v) is 4.64. The predicted octanol–water partition coefficient (Wildman–Crippen LogP) is 0.938. The van der Waals surface area contributed by atoms with Crippen molar-refractivity contribution in [2.45, 2.75) is 19.3 Å². The van der Waals surface area contributed by atoms with Crippen LogP contribution in [0.15, 0.2) is 0 Å². The molecule has 11 heavy (non-hydrogen) atoms. The van der Waals surface area contributed by atoms with Crippen molar-refractivity contribution in [2.75, 3.05) is 33.7 Å². The minimum Gasteiger partial charge on any atom is -0.317 e. The van der Waals surface area contributed by atoms with Crippen molar-refractivity contribution in [3.8, 4) is 0 Å². The van der Waals surface area contributed by atoms with Gasteiger partial charge >= 0.3 is 0 Å². The van der Waals surface area contributed by atoms with Crippen LogP contribution in [0.3, 0.4) is 0 Å². The first-order valence-electron chi connectivity index (χ1n) is 4.64. The molecule has 0 saturated carbocycles. The molecule has 1 aliphatic rings. The lowest BCUT2D eigenvalue weighted by molar-refractivity contribution is 0.300. The zero-order valence-electron chi connectivity index (χ0n) is 7.77. The fourth-order valence-electron chi connectivity index (χ4n) is 1.61. The molecule has 1 rings (SSSR count). The third-order valence-corrected chi connectivity index (χ3v) is 2.44. The van der Waals surface area contributed by atoms with Crippen molar-refractivity contribution < 1.29 is 0 Å². The standard InChI is InChI=1S/C9H20N2/c1-11(2)8-5-9-3-6-10-7-4-9/h9-10H,3-8H2,1-2H3. The zero-order chi connectivity index (χ0) is 8.10. The number of nitrogens with one attached hydrogen (secondary N) is 1. The van der Waals surface area contributed by atoms with Crippen LogP contribution in [-0.2, 0) is 0 Å². The van der Waals surface area contributed by atoms with E-state index in [1.165, 1.54) is 38.9 Å². The highest BCUT2D eigenvalue weighted by atomic mass is 15.0. The second-order valence-electron chi connectivity index (χ2n) is 3.79. The average Bonchev–Trinajstić information content (AvgIpc) is 2.03. The molecular formula is C9H20N2. The highest BCUT2D eigenvalue weighted by Gasteiger charge is 2.12. The summed E-state index contributed by atoms with van der Waals surface area (Å²) in [5.41, 5.74) is 0. The molecule has 1 aliphatic heterocycles. The number of hydrogen-bond donors (Lipinski definition) is 1. The SMILES string of the molecule is CN(C)CCC1CCNCC1. The third kappa shape index (κ3) is 3.73. The van der Waals surface area contributed by atoms with Crippen molar-refractivity contribution in [3.63, 3.8) is 0 Å². The molecule has 1 N–H and O–H groups in total. The number of rotatable bonds is 3. The van der Waals surface area contributed by atoms with Gasteiger partial charge in [-0.25, -0.2) is 0 Å². The molecule has 66 valence electrons. The van der Waals surface area contributed by atoms with Crippen molar-refractivity contribution in [1.82, 2.24) is 10.2 Å². The summed E-state index contributed by atoms with van der Waals surface area (Å²) in [7, 11) is 4.31. The fourth-order valence-corrected chi connectivity index (χ4v) is 1.61. The summed E-state index contributed by atoms with van der Waals surface area (Å²) in [5.74, 6) is 0.985. The van der Waals surface area contributed by atoms with Gasteiger partial charge < -0.3 is 10.2 Å². The van der Waals surface area contributed by atoms with E-state index in [0.29, 0.717) is 0 Å². The molecule has 0 radical (unpaired) electrons. The molecule has 2 heteroatoms. The summed E-state index contributed by atoms with van der Waals surface area (Å²) < 4.78 is 0. The molecule has 1 fully saturated rings. The van der Waals surface area contributed by atoms with Crippen molar-refractivity contribution >= 4 is 0 Å². The topological polar surface area (TPSA) is 15.3 Å². The van der Waals surface area contributed by atoms with E-state index < -0.39 is 0 Å². The Labute approximate surface area is 70.0 Å². The van der Waals surface area contributed by atoms with Gasteiger partial charge in [0.2, 0.25) is 0 Å². The van der Waals surface area contributed by atoms with Crippen LogP contribution in [0, 0.1) is 5.92 Å². The molecule has 0 unspecified atom stereocenters. The highest BCUT2D eigenvalue weighted by molar-refractivity contribution is 4.68. The molecule has 1 heterocycles. The van der Waals surface area contributed by atoms with Crippen LogP contribution in [0.5, 0.6) is 0 Å². The van der Waals surface area contributed by atoms with Crippen LogP contribution >= 0.6 is 0 Å². The molecule has 0 aromatic carbocycles. The number of nitrogens with zero attached hydrogens (tertiary/aromatic N) is 1. The van der Waals surface area contributed by atoms with Crippen molar-refractivity contribution in [3.05, 3.63) is 0 Å². The Bertz CT molecular complexity index is 95.7. The lowest BCUT2D eigenvalue weighted by Crippen LogP contribution is -2.29. The third-order valence-electron chi connectivity index (χ3n) is 2.44. The highest BCUT2D eigenvalue weighted by Crippen LogP contribution is 2.15. The monoisotopic (exact) mass is 156 g/mol. The van der Waals surface area contributed by atoms with Crippen LogP contribution in [0.2, 0.25) is 0 Å². The Morgan fingerprint density at radius 2 is 1.91 bits per heavy atom. The van der Waals surface area contributed by atoms with Gasteiger partial charge in [0.05, 0.1) is 0 Å². The molecule has 2 nitrogen and oxygen atoms in total. The van der Waals surface area contributed by atoms with Crippen LogP contribution in [0.1, 0.15) is 19.3 Å². The largest absolute Gasteiger partial charge is 0.317 e. The maximum absolute atomic E-state index is 3.39. The van der Waals surface area contributed by atoms with Gasteiger partial charge in [-0.1, -0.05) is 0 Å². The van der Waals surface area contributed by atoms with Crippen molar-refractivity contribution in [2.24, 2.45) is 5.92 Å². The predicted molar refractivity (Wildman–Crippen MR) is 48.8 cm³/mol. The maximum atomic E-state index is 3.39. The second kappa shape index (κ2) is 4.73. The molecule has 0 aromatic rings. The summed E-state index contributed by atoms with van der Waals surface area (Å²) in [4.78, 5) is 2.28. The Morgan fingerprint density at radius 3 is 2.45 bits per heavy atom. The first-order chi connectivity index (χ1) is 5.29. The Kier molecular flexibility index (Phi) is 3.87. The molecule has 0 spiro atoms. The summed E-state index contributed by atoms with van der Waals surface area (Å²) in [6, 6.07) is 0. The zero-order valence-corrected chi connectivity index (χ0v) is 7.77. The van der Waals surface area contributed by atoms with Crippen LogP contribution in [0.25, 0.3) is 0 Å². The van der Waals surface area contributed by atoms with Gasteiger partial charge in [0.25, 0.3) is 0 Å². The fraction of sp³-hybridized carbons (Fsp3) is 1.00. The van der Waals surface area contributed by atoms with Crippen LogP contribution < -0.4 is 5.32 Å². The van der Waals surface area contributed by atoms with Crippen LogP contribution in [-0.4, -0.2) is 38.6 Å². The second-order valence-corrected chi connectivity index (χ2v) is 3.79. The van der Waals surface area contributed by atoms with Gasteiger partial charge in [-0.3, -0.25) is 0 Å². The lowest BCUT2D eigenvalue weighted by Gasteiger charge is -2.23. The Morgan fingerprint density at radius 1 is 1.27 bits per heavy atom. The summed E-state index contributed by atoms with van der Waals surface area (Å²) in [5, 5.41) is 3.39. The maximum Gasteiger partial charge on any atom is -0.00222 e. The smallest absolute Gasteiger partial charge is 0.00222 e. The van der Waals surface area contributed by atoms with E-state index >= 15 is 0 Å². The van der Waals surface area contributed by atoms with E-state index in [2.05, 4.69) is 24.3 Å². The average molecular weight is 156 g/mol. The van der Waals surface area contributed by atoms with Gasteiger partial charge in [0.1, 0.15) is 0 Å². The minimum atomic E-state index is 0.985. The lowest BCUT2D eigenvalue weighted by atomic mass is 9.95. The van der Waals surface area contributed by atoms with Gasteiger partial charge in [0, 0.05) is 0 Å². The summed E-state index contributed by atoms with van der Waals surface area (Å²) in [6.07, 6.45) is 4.15. The van der Waals surface area contributed by atoms with Crippen LogP contribution in [0.4, 0.5) is 0 Å². The van der Waals surface area contributed by atoms with Gasteiger partial charge in [-0.05, 0) is 58.9 Å². The summed E-state index contributed by atoms with van der Waals surface area (Å²) in [6.45, 7) is 3.72. The quantitative estimate of drug-likeness (QED) is 0.654.